The van der Waals surface area contributed by atoms with Gasteiger partial charge >= 0.3 is 0 Å². The Balaban J connectivity index is 1.75. The zero-order chi connectivity index (χ0) is 13.2. The smallest absolute Gasteiger partial charge is 0.238 e. The van der Waals surface area contributed by atoms with Crippen molar-refractivity contribution in [1.29, 1.82) is 0 Å². The van der Waals surface area contributed by atoms with Gasteiger partial charge in [-0.25, -0.2) is 4.98 Å². The first kappa shape index (κ1) is 11.8. The number of aryl methyl sites for hydroxylation is 1. The van der Waals surface area contributed by atoms with E-state index in [-0.39, 0.29) is 11.9 Å². The second-order valence-electron chi connectivity index (χ2n) is 4.38. The van der Waals surface area contributed by atoms with Gasteiger partial charge in [-0.2, -0.15) is 4.98 Å². The average Bonchev–Trinajstić information content (AvgIpc) is 3.01. The van der Waals surface area contributed by atoms with Crippen LogP contribution in [0, 0.1) is 0 Å². The van der Waals surface area contributed by atoms with E-state index in [4.69, 9.17) is 4.52 Å². The van der Waals surface area contributed by atoms with Crippen LogP contribution in [-0.2, 0) is 18.3 Å². The fraction of sp³-hybridized carbons (Fsp3) is 0.455. The van der Waals surface area contributed by atoms with Crippen molar-refractivity contribution in [1.82, 2.24) is 30.3 Å². The molecule has 100 valence electrons. The molecule has 8 heteroatoms. The van der Waals surface area contributed by atoms with E-state index in [1.807, 2.05) is 13.2 Å². The number of piperazine rings is 1. The predicted octanol–water partition coefficient (Wildman–Crippen LogP) is -0.899. The lowest BCUT2D eigenvalue weighted by Crippen LogP contribution is -2.53. The Hall–Kier alpha value is -2.22. The molecule has 1 fully saturated rings. The van der Waals surface area contributed by atoms with Gasteiger partial charge in [0.05, 0.1) is 12.5 Å². The fourth-order valence-corrected chi connectivity index (χ4v) is 2.00. The van der Waals surface area contributed by atoms with Crippen LogP contribution < -0.4 is 10.6 Å². The highest BCUT2D eigenvalue weighted by Gasteiger charge is 2.24. The number of imidazole rings is 1. The number of rotatable bonds is 3. The molecule has 0 bridgehead atoms. The van der Waals surface area contributed by atoms with Gasteiger partial charge in [0.2, 0.25) is 17.6 Å². The van der Waals surface area contributed by atoms with Crippen molar-refractivity contribution in [3.63, 3.8) is 0 Å². The van der Waals surface area contributed by atoms with E-state index in [9.17, 15) is 4.79 Å². The molecule has 2 aromatic rings. The van der Waals surface area contributed by atoms with E-state index in [1.165, 1.54) is 0 Å². The molecule has 1 saturated heterocycles. The average molecular weight is 262 g/mol. The van der Waals surface area contributed by atoms with Crippen molar-refractivity contribution in [2.24, 2.45) is 7.05 Å². The van der Waals surface area contributed by atoms with Crippen LogP contribution in [0.4, 0.5) is 0 Å². The first-order valence-corrected chi connectivity index (χ1v) is 6.05. The van der Waals surface area contributed by atoms with Gasteiger partial charge < -0.3 is 19.7 Å². The molecule has 0 radical (unpaired) electrons. The number of nitrogens with one attached hydrogen (secondary N) is 2. The Labute approximate surface area is 109 Å². The van der Waals surface area contributed by atoms with E-state index in [2.05, 4.69) is 25.8 Å². The van der Waals surface area contributed by atoms with Crippen molar-refractivity contribution in [2.45, 2.75) is 12.5 Å². The lowest BCUT2D eigenvalue weighted by atomic mass is 10.1. The minimum atomic E-state index is -0.316. The second-order valence-corrected chi connectivity index (χ2v) is 4.38. The van der Waals surface area contributed by atoms with E-state index >= 15 is 0 Å². The van der Waals surface area contributed by atoms with Crippen LogP contribution in [0.2, 0.25) is 0 Å². The van der Waals surface area contributed by atoms with Gasteiger partial charge in [-0.05, 0) is 0 Å². The van der Waals surface area contributed by atoms with Crippen LogP contribution in [0.1, 0.15) is 5.89 Å². The van der Waals surface area contributed by atoms with E-state index in [1.54, 1.807) is 10.8 Å². The van der Waals surface area contributed by atoms with Crippen LogP contribution in [0.25, 0.3) is 11.6 Å². The SMILES string of the molecule is Cn1ccnc1-c1noc(CC2NCCNC2=O)n1. The molecule has 2 aromatic heterocycles. The number of carbonyl (C=O) groups is 1. The van der Waals surface area contributed by atoms with Crippen molar-refractivity contribution in [2.75, 3.05) is 13.1 Å². The molecule has 0 aromatic carbocycles. The molecule has 1 aliphatic rings. The van der Waals surface area contributed by atoms with Crippen LogP contribution in [-0.4, -0.2) is 44.7 Å². The Kier molecular flexibility index (Phi) is 3.00. The van der Waals surface area contributed by atoms with E-state index in [0.717, 1.165) is 6.54 Å². The maximum absolute atomic E-state index is 11.6. The van der Waals surface area contributed by atoms with Crippen LogP contribution in [0.3, 0.4) is 0 Å². The summed E-state index contributed by atoms with van der Waals surface area (Å²) in [5, 5.41) is 9.78. The van der Waals surface area contributed by atoms with Crippen LogP contribution >= 0.6 is 0 Å². The lowest BCUT2D eigenvalue weighted by Gasteiger charge is -2.21. The van der Waals surface area contributed by atoms with Crippen molar-refractivity contribution < 1.29 is 9.32 Å². The number of carbonyl (C=O) groups excluding carboxylic acids is 1. The third-order valence-electron chi connectivity index (χ3n) is 3.00. The predicted molar refractivity (Wildman–Crippen MR) is 65.0 cm³/mol. The summed E-state index contributed by atoms with van der Waals surface area (Å²) in [5.74, 6) is 1.45. The molecule has 0 aliphatic carbocycles. The first-order chi connectivity index (χ1) is 9.24. The standard InChI is InChI=1S/C11H14N6O2/c1-17-5-4-13-10(17)9-15-8(19-16-9)6-7-11(18)14-3-2-12-7/h4-5,7,12H,2-3,6H2,1H3,(H,14,18). The van der Waals surface area contributed by atoms with Gasteiger partial charge in [-0.3, -0.25) is 4.79 Å². The number of aromatic nitrogens is 4. The quantitative estimate of drug-likeness (QED) is 0.744. The van der Waals surface area contributed by atoms with Crippen LogP contribution in [0.15, 0.2) is 16.9 Å². The molecule has 1 atom stereocenters. The van der Waals surface area contributed by atoms with Gasteiger partial charge in [0, 0.05) is 32.5 Å². The Bertz CT molecular complexity index is 590. The minimum absolute atomic E-state index is 0.0389. The highest BCUT2D eigenvalue weighted by Crippen LogP contribution is 2.13. The molecule has 8 nitrogen and oxygen atoms in total. The first-order valence-electron chi connectivity index (χ1n) is 6.05. The zero-order valence-corrected chi connectivity index (χ0v) is 10.5. The van der Waals surface area contributed by atoms with E-state index < -0.39 is 0 Å². The van der Waals surface area contributed by atoms with E-state index in [0.29, 0.717) is 30.5 Å². The molecular weight excluding hydrogens is 248 g/mol. The highest BCUT2D eigenvalue weighted by molar-refractivity contribution is 5.82. The van der Waals surface area contributed by atoms with Gasteiger partial charge in [-0.1, -0.05) is 5.16 Å². The topological polar surface area (TPSA) is 97.9 Å². The monoisotopic (exact) mass is 262 g/mol. The highest BCUT2D eigenvalue weighted by atomic mass is 16.5. The third kappa shape index (κ3) is 2.34. The molecular formula is C11H14N6O2. The normalized spacial score (nSPS) is 19.4. The molecule has 19 heavy (non-hydrogen) atoms. The summed E-state index contributed by atoms with van der Waals surface area (Å²) < 4.78 is 6.97. The molecule has 0 saturated carbocycles. The lowest BCUT2D eigenvalue weighted by molar-refractivity contribution is -0.124. The van der Waals surface area contributed by atoms with Crippen molar-refractivity contribution in [3.05, 3.63) is 18.3 Å². The van der Waals surface area contributed by atoms with Crippen molar-refractivity contribution >= 4 is 5.91 Å². The number of amides is 1. The summed E-state index contributed by atoms with van der Waals surface area (Å²) in [6.45, 7) is 1.40. The molecule has 0 spiro atoms. The van der Waals surface area contributed by atoms with Gasteiger partial charge in [-0.15, -0.1) is 0 Å². The molecule has 1 unspecified atom stereocenters. The van der Waals surface area contributed by atoms with Gasteiger partial charge in [0.25, 0.3) is 0 Å². The summed E-state index contributed by atoms with van der Waals surface area (Å²) in [6.07, 6.45) is 3.85. The summed E-state index contributed by atoms with van der Waals surface area (Å²) in [5.41, 5.74) is 0. The molecule has 3 rings (SSSR count). The largest absolute Gasteiger partial charge is 0.353 e. The number of nitrogens with zero attached hydrogens (tertiary/aromatic N) is 4. The molecule has 1 aliphatic heterocycles. The molecule has 2 N–H and O–H groups in total. The molecule has 3 heterocycles. The fourth-order valence-electron chi connectivity index (χ4n) is 2.00. The number of hydrogen-bond acceptors (Lipinski definition) is 6. The summed E-state index contributed by atoms with van der Waals surface area (Å²) in [7, 11) is 1.86. The zero-order valence-electron chi connectivity index (χ0n) is 10.5. The Morgan fingerprint density at radius 2 is 2.42 bits per heavy atom. The second kappa shape index (κ2) is 4.81. The van der Waals surface area contributed by atoms with Crippen molar-refractivity contribution in [3.8, 4) is 11.6 Å². The summed E-state index contributed by atoms with van der Waals surface area (Å²) in [6, 6.07) is -0.316. The summed E-state index contributed by atoms with van der Waals surface area (Å²) >= 11 is 0. The Morgan fingerprint density at radius 3 is 3.16 bits per heavy atom. The number of hydrogen-bond donors (Lipinski definition) is 2. The maximum atomic E-state index is 11.6. The molecule has 1 amide bonds. The van der Waals surface area contributed by atoms with Gasteiger partial charge in [0.1, 0.15) is 0 Å². The summed E-state index contributed by atoms with van der Waals surface area (Å²) in [4.78, 5) is 20.0. The third-order valence-corrected chi connectivity index (χ3v) is 3.00. The maximum Gasteiger partial charge on any atom is 0.238 e. The minimum Gasteiger partial charge on any atom is -0.353 e. The Morgan fingerprint density at radius 1 is 1.53 bits per heavy atom. The van der Waals surface area contributed by atoms with Crippen LogP contribution in [0.5, 0.6) is 0 Å². The van der Waals surface area contributed by atoms with Gasteiger partial charge in [0.15, 0.2) is 5.82 Å².